The molecule has 1 saturated heterocycles. The third-order valence-corrected chi connectivity index (χ3v) is 5.01. The highest BCUT2D eigenvalue weighted by Gasteiger charge is 2.29. The molecular weight excluding hydrogens is 302 g/mol. The van der Waals surface area contributed by atoms with Crippen LogP contribution in [-0.2, 0) is 13.1 Å². The smallest absolute Gasteiger partial charge is 0.225 e. The van der Waals surface area contributed by atoms with Gasteiger partial charge in [-0.3, -0.25) is 4.90 Å². The van der Waals surface area contributed by atoms with Crippen molar-refractivity contribution in [2.45, 2.75) is 45.7 Å². The second-order valence-electron chi connectivity index (χ2n) is 7.10. The Labute approximate surface area is 142 Å². The average Bonchev–Trinajstić information content (AvgIpc) is 2.97. The summed E-state index contributed by atoms with van der Waals surface area (Å²) < 4.78 is 2.33. The molecule has 0 bridgehead atoms. The molecule has 0 N–H and O–H groups in total. The van der Waals surface area contributed by atoms with E-state index in [0.29, 0.717) is 5.92 Å². The van der Waals surface area contributed by atoms with Crippen molar-refractivity contribution >= 4 is 5.95 Å². The third kappa shape index (κ3) is 2.88. The number of anilines is 1. The minimum absolute atomic E-state index is 0.410. The number of hydrogen-bond acceptors (Lipinski definition) is 6. The molecule has 24 heavy (non-hydrogen) atoms. The molecule has 1 unspecified atom stereocenters. The molecule has 0 amide bonds. The molecule has 128 valence electrons. The number of nitrogens with zero attached hydrogens (tertiary/aromatic N) is 7. The number of hydrogen-bond donors (Lipinski definition) is 0. The van der Waals surface area contributed by atoms with Crippen molar-refractivity contribution in [2.24, 2.45) is 0 Å². The molecule has 4 heterocycles. The highest BCUT2D eigenvalue weighted by atomic mass is 15.3. The predicted molar refractivity (Wildman–Crippen MR) is 92.1 cm³/mol. The van der Waals surface area contributed by atoms with Gasteiger partial charge in [0.1, 0.15) is 11.6 Å². The van der Waals surface area contributed by atoms with Crippen LogP contribution in [0.15, 0.2) is 6.07 Å². The van der Waals surface area contributed by atoms with Crippen LogP contribution in [0.3, 0.4) is 0 Å². The van der Waals surface area contributed by atoms with E-state index >= 15 is 0 Å². The zero-order valence-corrected chi connectivity index (χ0v) is 14.7. The molecule has 0 aromatic carbocycles. The fourth-order valence-corrected chi connectivity index (χ4v) is 3.82. The standard InChI is InChI=1S/C17H25N7/c1-12-9-13(2)19-17(18-12)23-6-4-5-14(10-23)16-21-20-15-11-22(3)7-8-24(15)16/h9,14H,4-8,10-11H2,1-3H3. The van der Waals surface area contributed by atoms with Crippen LogP contribution in [0.5, 0.6) is 0 Å². The SMILES string of the molecule is Cc1cc(C)nc(N2CCCC(c3nnc4n3CCN(C)C4)C2)n1. The van der Waals surface area contributed by atoms with Crippen LogP contribution in [-0.4, -0.2) is 56.3 Å². The fraction of sp³-hybridized carbons (Fsp3) is 0.647. The van der Waals surface area contributed by atoms with Gasteiger partial charge >= 0.3 is 0 Å². The first-order chi connectivity index (χ1) is 11.6. The Morgan fingerprint density at radius 1 is 1.04 bits per heavy atom. The van der Waals surface area contributed by atoms with Crippen molar-refractivity contribution in [3.8, 4) is 0 Å². The molecule has 0 saturated carbocycles. The van der Waals surface area contributed by atoms with Gasteiger partial charge in [-0.05, 0) is 39.8 Å². The van der Waals surface area contributed by atoms with Gasteiger partial charge in [0, 0.05) is 43.5 Å². The van der Waals surface area contributed by atoms with Crippen molar-refractivity contribution in [1.82, 2.24) is 29.6 Å². The number of rotatable bonds is 2. The van der Waals surface area contributed by atoms with E-state index in [1.165, 1.54) is 0 Å². The number of likely N-dealkylation sites (N-methyl/N-ethyl adjacent to an activating group) is 1. The van der Waals surface area contributed by atoms with Gasteiger partial charge in [-0.25, -0.2) is 9.97 Å². The van der Waals surface area contributed by atoms with Gasteiger partial charge in [0.25, 0.3) is 0 Å². The van der Waals surface area contributed by atoms with Crippen LogP contribution in [0.1, 0.15) is 41.8 Å². The minimum atomic E-state index is 0.410. The summed E-state index contributed by atoms with van der Waals surface area (Å²) in [5.74, 6) is 3.51. The van der Waals surface area contributed by atoms with Crippen LogP contribution in [0.25, 0.3) is 0 Å². The van der Waals surface area contributed by atoms with Crippen molar-refractivity contribution in [2.75, 3.05) is 31.6 Å². The number of aromatic nitrogens is 5. The molecule has 0 spiro atoms. The van der Waals surface area contributed by atoms with E-state index in [-0.39, 0.29) is 0 Å². The van der Waals surface area contributed by atoms with Gasteiger partial charge in [0.2, 0.25) is 5.95 Å². The van der Waals surface area contributed by atoms with E-state index in [9.17, 15) is 0 Å². The van der Waals surface area contributed by atoms with E-state index < -0.39 is 0 Å². The fourth-order valence-electron chi connectivity index (χ4n) is 3.82. The number of piperidine rings is 1. The Kier molecular flexibility index (Phi) is 3.96. The molecule has 2 aliphatic rings. The Bertz CT molecular complexity index is 718. The molecule has 1 atom stereocenters. The average molecular weight is 327 g/mol. The largest absolute Gasteiger partial charge is 0.340 e. The van der Waals surface area contributed by atoms with Crippen molar-refractivity contribution in [1.29, 1.82) is 0 Å². The maximum atomic E-state index is 4.64. The van der Waals surface area contributed by atoms with Crippen molar-refractivity contribution < 1.29 is 0 Å². The molecule has 7 nitrogen and oxygen atoms in total. The number of aryl methyl sites for hydroxylation is 2. The maximum absolute atomic E-state index is 4.64. The van der Waals surface area contributed by atoms with Crippen LogP contribution in [0.4, 0.5) is 5.95 Å². The number of fused-ring (bicyclic) bond motifs is 1. The predicted octanol–water partition coefficient (Wildman–Crippen LogP) is 1.51. The van der Waals surface area contributed by atoms with Gasteiger partial charge in [0.05, 0.1) is 6.54 Å². The lowest BCUT2D eigenvalue weighted by molar-refractivity contribution is 0.259. The molecule has 0 aliphatic carbocycles. The molecule has 2 aromatic heterocycles. The summed E-state index contributed by atoms with van der Waals surface area (Å²) in [5, 5.41) is 8.97. The lowest BCUT2D eigenvalue weighted by atomic mass is 9.97. The third-order valence-electron chi connectivity index (χ3n) is 5.01. The monoisotopic (exact) mass is 327 g/mol. The normalized spacial score (nSPS) is 21.8. The van der Waals surface area contributed by atoms with E-state index in [1.807, 2.05) is 19.9 Å². The topological polar surface area (TPSA) is 63.0 Å². The first kappa shape index (κ1) is 15.5. The highest BCUT2D eigenvalue weighted by Crippen LogP contribution is 2.29. The van der Waals surface area contributed by atoms with Gasteiger partial charge in [-0.15, -0.1) is 10.2 Å². The van der Waals surface area contributed by atoms with Gasteiger partial charge in [-0.1, -0.05) is 0 Å². The molecular formula is C17H25N7. The van der Waals surface area contributed by atoms with Gasteiger partial charge < -0.3 is 9.47 Å². The van der Waals surface area contributed by atoms with Crippen LogP contribution >= 0.6 is 0 Å². The van der Waals surface area contributed by atoms with Crippen molar-refractivity contribution in [3.05, 3.63) is 29.1 Å². The van der Waals surface area contributed by atoms with E-state index in [0.717, 1.165) is 74.6 Å². The molecule has 2 aromatic rings. The summed E-state index contributed by atoms with van der Waals surface area (Å²) in [7, 11) is 2.14. The molecule has 1 fully saturated rings. The second-order valence-corrected chi connectivity index (χ2v) is 7.10. The molecule has 0 radical (unpaired) electrons. The summed E-state index contributed by atoms with van der Waals surface area (Å²) in [4.78, 5) is 13.9. The summed E-state index contributed by atoms with van der Waals surface area (Å²) in [6.07, 6.45) is 2.30. The zero-order valence-electron chi connectivity index (χ0n) is 14.7. The lowest BCUT2D eigenvalue weighted by Gasteiger charge is -2.33. The Hall–Kier alpha value is -2.02. The first-order valence-electron chi connectivity index (χ1n) is 8.78. The van der Waals surface area contributed by atoms with E-state index in [1.54, 1.807) is 0 Å². The summed E-state index contributed by atoms with van der Waals surface area (Å²) in [6.45, 7) is 8.96. The van der Waals surface area contributed by atoms with E-state index in [4.69, 9.17) is 0 Å². The second kappa shape index (κ2) is 6.12. The minimum Gasteiger partial charge on any atom is -0.340 e. The Morgan fingerprint density at radius 3 is 2.62 bits per heavy atom. The first-order valence-corrected chi connectivity index (χ1v) is 8.78. The summed E-state index contributed by atoms with van der Waals surface area (Å²) >= 11 is 0. The summed E-state index contributed by atoms with van der Waals surface area (Å²) in [6, 6.07) is 2.02. The zero-order chi connectivity index (χ0) is 16.7. The molecule has 4 rings (SSSR count). The quantitative estimate of drug-likeness (QED) is 0.833. The van der Waals surface area contributed by atoms with Gasteiger partial charge in [-0.2, -0.15) is 0 Å². The van der Waals surface area contributed by atoms with Crippen LogP contribution in [0.2, 0.25) is 0 Å². The molecule has 2 aliphatic heterocycles. The molecule has 7 heteroatoms. The van der Waals surface area contributed by atoms with Crippen LogP contribution in [0, 0.1) is 13.8 Å². The van der Waals surface area contributed by atoms with E-state index in [2.05, 4.69) is 41.6 Å². The van der Waals surface area contributed by atoms with Crippen LogP contribution < -0.4 is 4.90 Å². The van der Waals surface area contributed by atoms with Crippen molar-refractivity contribution in [3.63, 3.8) is 0 Å². The summed E-state index contributed by atoms with van der Waals surface area (Å²) in [5.41, 5.74) is 2.06. The lowest BCUT2D eigenvalue weighted by Crippen LogP contribution is -2.38. The Balaban J connectivity index is 1.57. The highest BCUT2D eigenvalue weighted by molar-refractivity contribution is 5.34. The Morgan fingerprint density at radius 2 is 1.83 bits per heavy atom. The maximum Gasteiger partial charge on any atom is 0.225 e. The van der Waals surface area contributed by atoms with Gasteiger partial charge in [0.15, 0.2) is 0 Å².